The molecule has 0 saturated carbocycles. The van der Waals surface area contributed by atoms with Crippen LogP contribution in [-0.4, -0.2) is 13.1 Å². The van der Waals surface area contributed by atoms with Gasteiger partial charge >= 0.3 is 5.97 Å². The van der Waals surface area contributed by atoms with E-state index in [1.807, 2.05) is 42.5 Å². The lowest BCUT2D eigenvalue weighted by molar-refractivity contribution is 0.0600. The van der Waals surface area contributed by atoms with Gasteiger partial charge in [-0.25, -0.2) is 4.79 Å². The van der Waals surface area contributed by atoms with Gasteiger partial charge in [-0.1, -0.05) is 60.3 Å². The molecular weight excluding hydrogens is 304 g/mol. The zero-order valence-electron chi connectivity index (χ0n) is 12.7. The molecule has 0 atom stereocenters. The molecule has 0 saturated heterocycles. The molecule has 3 aromatic carbocycles. The van der Waals surface area contributed by atoms with Crippen molar-refractivity contribution in [2.75, 3.05) is 7.11 Å². The number of rotatable bonds is 4. The zero-order chi connectivity index (χ0) is 16.1. The highest BCUT2D eigenvalue weighted by molar-refractivity contribution is 7.99. The molecule has 23 heavy (non-hydrogen) atoms. The number of carbonyl (C=O) groups is 1. The average molecular weight is 320 g/mol. The average Bonchev–Trinajstić information content (AvgIpc) is 2.63. The number of carbonyl (C=O) groups excluding carboxylic acids is 1. The summed E-state index contributed by atoms with van der Waals surface area (Å²) in [6.07, 6.45) is 0. The molecule has 0 aliphatic rings. The third-order valence-electron chi connectivity index (χ3n) is 3.48. The molecule has 0 fully saturated rings. The van der Waals surface area contributed by atoms with Crippen molar-refractivity contribution in [3.05, 3.63) is 84.4 Å². The summed E-state index contributed by atoms with van der Waals surface area (Å²) < 4.78 is 4.73. The quantitative estimate of drug-likeness (QED) is 0.611. The van der Waals surface area contributed by atoms with Gasteiger partial charge in [0, 0.05) is 9.79 Å². The van der Waals surface area contributed by atoms with E-state index in [4.69, 9.17) is 4.74 Å². The van der Waals surface area contributed by atoms with Crippen molar-refractivity contribution in [2.24, 2.45) is 0 Å². The number of hydrogen-bond donors (Lipinski definition) is 0. The van der Waals surface area contributed by atoms with Crippen LogP contribution in [0.2, 0.25) is 0 Å². The summed E-state index contributed by atoms with van der Waals surface area (Å²) in [5, 5.41) is 0. The van der Waals surface area contributed by atoms with E-state index in [9.17, 15) is 4.79 Å². The summed E-state index contributed by atoms with van der Waals surface area (Å²) in [7, 11) is 1.39. The van der Waals surface area contributed by atoms with E-state index in [1.54, 1.807) is 23.9 Å². The molecule has 0 spiro atoms. The number of ether oxygens (including phenoxy) is 1. The normalized spacial score (nSPS) is 10.3. The largest absolute Gasteiger partial charge is 0.465 e. The van der Waals surface area contributed by atoms with E-state index in [0.29, 0.717) is 5.56 Å². The topological polar surface area (TPSA) is 26.3 Å². The number of esters is 1. The van der Waals surface area contributed by atoms with Crippen molar-refractivity contribution >= 4 is 17.7 Å². The summed E-state index contributed by atoms with van der Waals surface area (Å²) in [6, 6.07) is 26.1. The van der Waals surface area contributed by atoms with Crippen molar-refractivity contribution in [3.8, 4) is 11.1 Å². The van der Waals surface area contributed by atoms with Gasteiger partial charge in [0.05, 0.1) is 12.7 Å². The van der Waals surface area contributed by atoms with Gasteiger partial charge < -0.3 is 4.74 Å². The minimum atomic E-state index is -0.314. The first-order valence-corrected chi connectivity index (χ1v) is 8.10. The van der Waals surface area contributed by atoms with Crippen molar-refractivity contribution < 1.29 is 9.53 Å². The summed E-state index contributed by atoms with van der Waals surface area (Å²) >= 11 is 1.68. The van der Waals surface area contributed by atoms with Crippen LogP contribution in [0.3, 0.4) is 0 Å². The Hall–Kier alpha value is -2.52. The lowest BCUT2D eigenvalue weighted by atomic mass is 10.1. The van der Waals surface area contributed by atoms with Crippen LogP contribution in [-0.2, 0) is 4.74 Å². The maximum atomic E-state index is 11.5. The zero-order valence-corrected chi connectivity index (χ0v) is 13.5. The molecule has 3 heteroatoms. The first kappa shape index (κ1) is 15.4. The third-order valence-corrected chi connectivity index (χ3v) is 4.56. The van der Waals surface area contributed by atoms with Gasteiger partial charge in [-0.3, -0.25) is 0 Å². The number of benzene rings is 3. The van der Waals surface area contributed by atoms with E-state index in [2.05, 4.69) is 24.3 Å². The molecule has 0 amide bonds. The third kappa shape index (κ3) is 3.63. The second-order valence-corrected chi connectivity index (χ2v) is 6.10. The van der Waals surface area contributed by atoms with Gasteiger partial charge in [0.15, 0.2) is 0 Å². The molecule has 0 aromatic heterocycles. The van der Waals surface area contributed by atoms with E-state index < -0.39 is 0 Å². The Morgan fingerprint density at radius 1 is 0.826 bits per heavy atom. The van der Waals surface area contributed by atoms with Gasteiger partial charge in [0.25, 0.3) is 0 Å². The minimum Gasteiger partial charge on any atom is -0.465 e. The van der Waals surface area contributed by atoms with E-state index in [-0.39, 0.29) is 5.97 Å². The standard InChI is InChI=1S/C20H16O2S/c1-22-20(21)16-11-13-17(14-12-16)23-19-10-6-5-9-18(19)15-7-3-2-4-8-15/h2-14H,1H3. The second kappa shape index (κ2) is 7.16. The maximum absolute atomic E-state index is 11.5. The van der Waals surface area contributed by atoms with Gasteiger partial charge in [0.2, 0.25) is 0 Å². The van der Waals surface area contributed by atoms with Gasteiger partial charge in [0.1, 0.15) is 0 Å². The van der Waals surface area contributed by atoms with Crippen molar-refractivity contribution in [1.82, 2.24) is 0 Å². The Morgan fingerprint density at radius 3 is 2.17 bits per heavy atom. The van der Waals surface area contributed by atoms with Crippen LogP contribution < -0.4 is 0 Å². The SMILES string of the molecule is COC(=O)c1ccc(Sc2ccccc2-c2ccccc2)cc1. The summed E-state index contributed by atoms with van der Waals surface area (Å²) in [5.74, 6) is -0.314. The lowest BCUT2D eigenvalue weighted by Gasteiger charge is -2.09. The monoisotopic (exact) mass is 320 g/mol. The number of methoxy groups -OCH3 is 1. The molecule has 2 nitrogen and oxygen atoms in total. The van der Waals surface area contributed by atoms with Crippen LogP contribution in [0.5, 0.6) is 0 Å². The molecule has 0 aliphatic carbocycles. The summed E-state index contributed by atoms with van der Waals surface area (Å²) in [5.41, 5.74) is 2.96. The van der Waals surface area contributed by atoms with Crippen LogP contribution >= 0.6 is 11.8 Å². The first-order valence-electron chi connectivity index (χ1n) is 7.28. The molecular formula is C20H16O2S. The van der Waals surface area contributed by atoms with E-state index in [0.717, 1.165) is 4.90 Å². The second-order valence-electron chi connectivity index (χ2n) is 4.98. The summed E-state index contributed by atoms with van der Waals surface area (Å²) in [6.45, 7) is 0. The Balaban J connectivity index is 1.88. The van der Waals surface area contributed by atoms with E-state index in [1.165, 1.54) is 23.1 Å². The highest BCUT2D eigenvalue weighted by atomic mass is 32.2. The van der Waals surface area contributed by atoms with Gasteiger partial charge in [-0.15, -0.1) is 0 Å². The molecule has 0 radical (unpaired) electrons. The molecule has 0 aliphatic heterocycles. The van der Waals surface area contributed by atoms with Crippen molar-refractivity contribution in [2.45, 2.75) is 9.79 Å². The fourth-order valence-electron chi connectivity index (χ4n) is 2.32. The predicted molar refractivity (Wildman–Crippen MR) is 93.8 cm³/mol. The number of hydrogen-bond acceptors (Lipinski definition) is 3. The van der Waals surface area contributed by atoms with Crippen LogP contribution in [0.1, 0.15) is 10.4 Å². The van der Waals surface area contributed by atoms with Crippen LogP contribution in [0.4, 0.5) is 0 Å². The lowest BCUT2D eigenvalue weighted by Crippen LogP contribution is -2.00. The fraction of sp³-hybridized carbons (Fsp3) is 0.0500. The molecule has 0 bridgehead atoms. The van der Waals surface area contributed by atoms with Crippen molar-refractivity contribution in [1.29, 1.82) is 0 Å². The highest BCUT2D eigenvalue weighted by Gasteiger charge is 2.08. The molecule has 0 N–H and O–H groups in total. The van der Waals surface area contributed by atoms with Gasteiger partial charge in [-0.05, 0) is 41.5 Å². The molecule has 3 rings (SSSR count). The molecule has 0 heterocycles. The van der Waals surface area contributed by atoms with Crippen LogP contribution in [0, 0.1) is 0 Å². The highest BCUT2D eigenvalue weighted by Crippen LogP contribution is 2.35. The molecule has 0 unspecified atom stereocenters. The minimum absolute atomic E-state index is 0.314. The van der Waals surface area contributed by atoms with Crippen LogP contribution in [0.25, 0.3) is 11.1 Å². The smallest absolute Gasteiger partial charge is 0.337 e. The van der Waals surface area contributed by atoms with Crippen LogP contribution in [0.15, 0.2) is 88.7 Å². The Kier molecular flexibility index (Phi) is 4.79. The Morgan fingerprint density at radius 2 is 1.48 bits per heavy atom. The predicted octanol–water partition coefficient (Wildman–Crippen LogP) is 5.29. The van der Waals surface area contributed by atoms with Gasteiger partial charge in [-0.2, -0.15) is 0 Å². The maximum Gasteiger partial charge on any atom is 0.337 e. The first-order chi connectivity index (χ1) is 11.3. The Labute approximate surface area is 140 Å². The fourth-order valence-corrected chi connectivity index (χ4v) is 3.28. The summed E-state index contributed by atoms with van der Waals surface area (Å²) in [4.78, 5) is 13.8. The van der Waals surface area contributed by atoms with E-state index >= 15 is 0 Å². The molecule has 114 valence electrons. The van der Waals surface area contributed by atoms with Crippen molar-refractivity contribution in [3.63, 3.8) is 0 Å². The molecule has 3 aromatic rings. The Bertz CT molecular complexity index is 795.